The molecule has 2 amide bonds. The number of phenols is 1. The van der Waals surface area contributed by atoms with Crippen LogP contribution in [-0.2, 0) is 9.59 Å². The first kappa shape index (κ1) is 25.6. The highest BCUT2D eigenvalue weighted by atomic mass is 16.5. The lowest BCUT2D eigenvalue weighted by molar-refractivity contribution is -0.154. The fourth-order valence-corrected chi connectivity index (χ4v) is 2.30. The number of hydrogen-bond acceptors (Lipinski definition) is 5. The van der Waals surface area contributed by atoms with E-state index in [-0.39, 0.29) is 30.4 Å². The zero-order valence-corrected chi connectivity index (χ0v) is 17.5. The summed E-state index contributed by atoms with van der Waals surface area (Å²) < 4.78 is 0. The molecule has 0 aliphatic heterocycles. The summed E-state index contributed by atoms with van der Waals surface area (Å²) in [6, 6.07) is 5.02. The molecule has 0 saturated carbocycles. The van der Waals surface area contributed by atoms with E-state index in [9.17, 15) is 24.7 Å². The standard InChI is InChI=1S/C17H24N2O5.C4H10/c1-3-4-5-14(10-19(24)11-20)17(23)18-12(2)16(22)13-6-8-15(21)9-7-13;1-4(2)3/h6-9,11-12,14,21,24H,3-5,10H2,1-2H3,(H,18,23);4H,1-3H3. The van der Waals surface area contributed by atoms with Crippen molar-refractivity contribution in [3.05, 3.63) is 29.8 Å². The van der Waals surface area contributed by atoms with Crippen molar-refractivity contribution in [2.75, 3.05) is 6.54 Å². The van der Waals surface area contributed by atoms with Crippen LogP contribution in [0.2, 0.25) is 0 Å². The van der Waals surface area contributed by atoms with Crippen LogP contribution in [0.25, 0.3) is 0 Å². The smallest absolute Gasteiger partial charge is 0.233 e. The van der Waals surface area contributed by atoms with Gasteiger partial charge in [-0.15, -0.1) is 0 Å². The molecule has 1 aromatic carbocycles. The van der Waals surface area contributed by atoms with E-state index in [0.29, 0.717) is 17.0 Å². The molecular weight excluding hydrogens is 360 g/mol. The van der Waals surface area contributed by atoms with Gasteiger partial charge in [-0.25, -0.2) is 5.06 Å². The van der Waals surface area contributed by atoms with Crippen molar-refractivity contribution in [1.82, 2.24) is 10.4 Å². The number of benzene rings is 1. The number of aromatic hydroxyl groups is 1. The molecule has 28 heavy (non-hydrogen) atoms. The summed E-state index contributed by atoms with van der Waals surface area (Å²) in [7, 11) is 0. The second-order valence-electron chi connectivity index (χ2n) is 7.44. The molecule has 7 nitrogen and oxygen atoms in total. The van der Waals surface area contributed by atoms with Crippen molar-refractivity contribution in [3.8, 4) is 5.75 Å². The number of amides is 2. The molecule has 0 fully saturated rings. The van der Waals surface area contributed by atoms with Crippen LogP contribution in [0.4, 0.5) is 0 Å². The molecule has 2 unspecified atom stereocenters. The Balaban J connectivity index is 0.00000165. The lowest BCUT2D eigenvalue weighted by Gasteiger charge is -2.21. The van der Waals surface area contributed by atoms with Gasteiger partial charge in [-0.1, -0.05) is 40.5 Å². The summed E-state index contributed by atoms with van der Waals surface area (Å²) in [6.07, 6.45) is 2.40. The minimum absolute atomic E-state index is 0.0553. The highest BCUT2D eigenvalue weighted by molar-refractivity contribution is 6.01. The first-order valence-corrected chi connectivity index (χ1v) is 9.66. The number of ketones is 1. The van der Waals surface area contributed by atoms with E-state index >= 15 is 0 Å². The molecule has 3 N–H and O–H groups in total. The van der Waals surface area contributed by atoms with Crippen molar-refractivity contribution in [2.24, 2.45) is 11.8 Å². The van der Waals surface area contributed by atoms with Crippen LogP contribution in [0, 0.1) is 11.8 Å². The molecule has 0 aliphatic carbocycles. The predicted molar refractivity (Wildman–Crippen MR) is 108 cm³/mol. The molecule has 0 bridgehead atoms. The number of hydrogen-bond donors (Lipinski definition) is 3. The van der Waals surface area contributed by atoms with Gasteiger partial charge in [-0.3, -0.25) is 19.6 Å². The van der Waals surface area contributed by atoms with Gasteiger partial charge >= 0.3 is 0 Å². The Morgan fingerprint density at radius 2 is 1.68 bits per heavy atom. The van der Waals surface area contributed by atoms with Gasteiger partial charge in [0.1, 0.15) is 5.75 Å². The number of unbranched alkanes of at least 4 members (excludes halogenated alkanes) is 1. The molecule has 0 aromatic heterocycles. The molecular formula is C21H34N2O5. The third kappa shape index (κ3) is 10.7. The van der Waals surface area contributed by atoms with Gasteiger partial charge in [0.05, 0.1) is 18.5 Å². The highest BCUT2D eigenvalue weighted by Crippen LogP contribution is 2.13. The molecule has 1 rings (SSSR count). The number of rotatable bonds is 10. The van der Waals surface area contributed by atoms with Gasteiger partial charge in [-0.2, -0.15) is 0 Å². The third-order valence-corrected chi connectivity index (χ3v) is 3.71. The van der Waals surface area contributed by atoms with E-state index < -0.39 is 12.0 Å². The van der Waals surface area contributed by atoms with Gasteiger partial charge in [0, 0.05) is 5.56 Å². The minimum atomic E-state index is -0.755. The van der Waals surface area contributed by atoms with Crippen LogP contribution in [0.5, 0.6) is 5.75 Å². The molecule has 0 heterocycles. The van der Waals surface area contributed by atoms with E-state index in [1.165, 1.54) is 24.3 Å². The van der Waals surface area contributed by atoms with Crippen molar-refractivity contribution < 1.29 is 24.7 Å². The average Bonchev–Trinajstić information content (AvgIpc) is 2.64. The summed E-state index contributed by atoms with van der Waals surface area (Å²) in [5.41, 5.74) is 0.377. The van der Waals surface area contributed by atoms with Crippen molar-refractivity contribution in [3.63, 3.8) is 0 Å². The fraction of sp³-hybridized carbons (Fsp3) is 0.571. The average molecular weight is 395 g/mol. The lowest BCUT2D eigenvalue weighted by Crippen LogP contribution is -2.44. The number of phenolic OH excluding ortho intramolecular Hbond substituents is 1. The Morgan fingerprint density at radius 1 is 1.14 bits per heavy atom. The number of carbonyl (C=O) groups excluding carboxylic acids is 3. The Bertz CT molecular complexity index is 599. The van der Waals surface area contributed by atoms with Gasteiger partial charge in [0.2, 0.25) is 12.3 Å². The van der Waals surface area contributed by atoms with Crippen LogP contribution >= 0.6 is 0 Å². The fourth-order valence-electron chi connectivity index (χ4n) is 2.30. The van der Waals surface area contributed by atoms with Gasteiger partial charge in [0.25, 0.3) is 0 Å². The Kier molecular flexibility index (Phi) is 12.5. The number of hydroxylamine groups is 2. The maximum Gasteiger partial charge on any atom is 0.233 e. The number of Topliss-reactive ketones (excluding diaryl/α,β-unsaturated/α-hetero) is 1. The second kappa shape index (κ2) is 13.7. The zero-order valence-electron chi connectivity index (χ0n) is 17.5. The minimum Gasteiger partial charge on any atom is -0.508 e. The third-order valence-electron chi connectivity index (χ3n) is 3.71. The monoisotopic (exact) mass is 394 g/mol. The Hall–Kier alpha value is -2.41. The summed E-state index contributed by atoms with van der Waals surface area (Å²) in [5, 5.41) is 21.6. The molecule has 1 aromatic rings. The van der Waals surface area contributed by atoms with Crippen molar-refractivity contribution in [1.29, 1.82) is 0 Å². The first-order valence-electron chi connectivity index (χ1n) is 9.66. The number of nitrogens with one attached hydrogen (secondary N) is 1. The molecule has 7 heteroatoms. The van der Waals surface area contributed by atoms with E-state index in [1.807, 2.05) is 6.92 Å². The van der Waals surface area contributed by atoms with E-state index in [2.05, 4.69) is 26.1 Å². The lowest BCUT2D eigenvalue weighted by atomic mass is 9.99. The Morgan fingerprint density at radius 3 is 2.14 bits per heavy atom. The molecule has 2 atom stereocenters. The molecule has 0 saturated heterocycles. The van der Waals surface area contributed by atoms with Gasteiger partial charge in [0.15, 0.2) is 5.78 Å². The van der Waals surface area contributed by atoms with Crippen LogP contribution in [-0.4, -0.2) is 46.1 Å². The number of carbonyl (C=O) groups is 3. The summed E-state index contributed by atoms with van der Waals surface area (Å²) >= 11 is 0. The van der Waals surface area contributed by atoms with E-state index in [0.717, 1.165) is 18.8 Å². The summed E-state index contributed by atoms with van der Waals surface area (Å²) in [6.45, 7) is 9.93. The highest BCUT2D eigenvalue weighted by Gasteiger charge is 2.24. The van der Waals surface area contributed by atoms with Crippen molar-refractivity contribution in [2.45, 2.75) is 59.9 Å². The maximum atomic E-state index is 12.3. The van der Waals surface area contributed by atoms with Crippen LogP contribution in [0.15, 0.2) is 24.3 Å². The molecule has 158 valence electrons. The maximum absolute atomic E-state index is 12.3. The van der Waals surface area contributed by atoms with E-state index in [4.69, 9.17) is 0 Å². The van der Waals surface area contributed by atoms with Crippen LogP contribution in [0.1, 0.15) is 64.2 Å². The van der Waals surface area contributed by atoms with Crippen LogP contribution < -0.4 is 5.32 Å². The molecule has 0 spiro atoms. The van der Waals surface area contributed by atoms with Gasteiger partial charge < -0.3 is 10.4 Å². The quantitative estimate of drug-likeness (QED) is 0.244. The predicted octanol–water partition coefficient (Wildman–Crippen LogP) is 3.40. The van der Waals surface area contributed by atoms with Gasteiger partial charge in [-0.05, 0) is 43.5 Å². The zero-order chi connectivity index (χ0) is 21.7. The normalized spacial score (nSPS) is 12.4. The van der Waals surface area contributed by atoms with Crippen molar-refractivity contribution >= 4 is 18.1 Å². The second-order valence-corrected chi connectivity index (χ2v) is 7.44. The summed E-state index contributed by atoms with van der Waals surface area (Å²) in [4.78, 5) is 35.2. The first-order chi connectivity index (χ1) is 13.1. The SMILES string of the molecule is CC(C)C.CCCCC(CN(O)C=O)C(=O)NC(C)C(=O)c1ccc(O)cc1. The molecule has 0 radical (unpaired) electrons. The number of nitrogens with zero attached hydrogens (tertiary/aromatic N) is 1. The largest absolute Gasteiger partial charge is 0.508 e. The van der Waals surface area contributed by atoms with Crippen LogP contribution in [0.3, 0.4) is 0 Å². The van der Waals surface area contributed by atoms with E-state index in [1.54, 1.807) is 6.92 Å². The summed E-state index contributed by atoms with van der Waals surface area (Å²) in [5.74, 6) is -0.368. The Labute approximate surface area is 167 Å². The molecule has 0 aliphatic rings. The topological polar surface area (TPSA) is 107 Å².